The zero-order chi connectivity index (χ0) is 15.3. The highest BCUT2D eigenvalue weighted by molar-refractivity contribution is 5.35. The number of hydrogen-bond donors (Lipinski definition) is 1. The highest BCUT2D eigenvalue weighted by atomic mass is 16.5. The minimum atomic E-state index is 0.136. The molecule has 3 nitrogen and oxygen atoms in total. The van der Waals surface area contributed by atoms with Gasteiger partial charge in [-0.15, -0.1) is 0 Å². The number of benzene rings is 1. The third kappa shape index (κ3) is 4.72. The normalized spacial score (nSPS) is 23.0. The lowest BCUT2D eigenvalue weighted by atomic mass is 9.88. The molecule has 2 rings (SSSR count). The monoisotopic (exact) mass is 291 g/mol. The molecule has 0 amide bonds. The first-order valence-electron chi connectivity index (χ1n) is 8.09. The van der Waals surface area contributed by atoms with E-state index in [-0.39, 0.29) is 11.6 Å². The first-order valence-corrected chi connectivity index (χ1v) is 8.09. The lowest BCUT2D eigenvalue weighted by molar-refractivity contribution is -0.0305. The van der Waals surface area contributed by atoms with Crippen molar-refractivity contribution in [1.29, 1.82) is 0 Å². The summed E-state index contributed by atoms with van der Waals surface area (Å²) in [6, 6.07) is 8.29. The van der Waals surface area contributed by atoms with E-state index in [1.165, 1.54) is 12.0 Å². The van der Waals surface area contributed by atoms with Crippen LogP contribution < -0.4 is 10.1 Å². The Morgan fingerprint density at radius 2 is 2.05 bits per heavy atom. The summed E-state index contributed by atoms with van der Waals surface area (Å²) in [5, 5.41) is 3.62. The largest absolute Gasteiger partial charge is 0.493 e. The zero-order valence-corrected chi connectivity index (χ0v) is 13.8. The number of rotatable bonds is 5. The first kappa shape index (κ1) is 16.3. The summed E-state index contributed by atoms with van der Waals surface area (Å²) in [6.07, 6.45) is 2.48. The predicted molar refractivity (Wildman–Crippen MR) is 86.8 cm³/mol. The summed E-state index contributed by atoms with van der Waals surface area (Å²) >= 11 is 0. The van der Waals surface area contributed by atoms with E-state index in [0.29, 0.717) is 12.5 Å². The molecule has 1 aromatic rings. The van der Waals surface area contributed by atoms with Crippen molar-refractivity contribution in [2.24, 2.45) is 5.92 Å². The first-order chi connectivity index (χ1) is 10.0. The Kier molecular flexibility index (Phi) is 5.65. The van der Waals surface area contributed by atoms with E-state index in [1.807, 2.05) is 19.1 Å². The maximum absolute atomic E-state index is 6.11. The van der Waals surface area contributed by atoms with E-state index in [9.17, 15) is 0 Å². The Balaban J connectivity index is 2.14. The lowest BCUT2D eigenvalue weighted by Crippen LogP contribution is -2.41. The van der Waals surface area contributed by atoms with E-state index in [4.69, 9.17) is 9.47 Å². The quantitative estimate of drug-likeness (QED) is 0.891. The predicted octanol–water partition coefficient (Wildman–Crippen LogP) is 3.94. The second-order valence-electron chi connectivity index (χ2n) is 6.80. The molecule has 2 unspecified atom stereocenters. The molecule has 21 heavy (non-hydrogen) atoms. The summed E-state index contributed by atoms with van der Waals surface area (Å²) in [4.78, 5) is 0. The maximum atomic E-state index is 6.11. The van der Waals surface area contributed by atoms with Crippen LogP contribution >= 0.6 is 0 Å². The van der Waals surface area contributed by atoms with Gasteiger partial charge in [0.1, 0.15) is 5.75 Å². The van der Waals surface area contributed by atoms with Crippen molar-refractivity contribution in [3.05, 3.63) is 29.8 Å². The summed E-state index contributed by atoms with van der Waals surface area (Å²) in [7, 11) is 0. The molecule has 1 aromatic carbocycles. The van der Waals surface area contributed by atoms with E-state index in [1.54, 1.807) is 0 Å². The molecule has 0 bridgehead atoms. The molecule has 3 heteroatoms. The fraction of sp³-hybridized carbons (Fsp3) is 0.667. The average molecular weight is 291 g/mol. The SMILES string of the molecule is CCOc1ccccc1C1OCCCC1CNC(C)(C)C. The average Bonchev–Trinajstić information content (AvgIpc) is 2.46. The van der Waals surface area contributed by atoms with Gasteiger partial charge in [0.15, 0.2) is 0 Å². The molecule has 118 valence electrons. The van der Waals surface area contributed by atoms with Crippen LogP contribution in [0.15, 0.2) is 24.3 Å². The van der Waals surface area contributed by atoms with Crippen molar-refractivity contribution in [3.8, 4) is 5.75 Å². The Morgan fingerprint density at radius 1 is 1.29 bits per heavy atom. The van der Waals surface area contributed by atoms with Crippen LogP contribution in [0.5, 0.6) is 5.75 Å². The molecular weight excluding hydrogens is 262 g/mol. The molecule has 0 aliphatic carbocycles. The van der Waals surface area contributed by atoms with Gasteiger partial charge in [0, 0.05) is 30.2 Å². The van der Waals surface area contributed by atoms with Gasteiger partial charge in [-0.1, -0.05) is 18.2 Å². The van der Waals surface area contributed by atoms with Crippen LogP contribution in [0, 0.1) is 5.92 Å². The van der Waals surface area contributed by atoms with Crippen molar-refractivity contribution < 1.29 is 9.47 Å². The van der Waals surface area contributed by atoms with Gasteiger partial charge in [0.2, 0.25) is 0 Å². The van der Waals surface area contributed by atoms with Crippen LogP contribution in [0.1, 0.15) is 52.2 Å². The highest BCUT2D eigenvalue weighted by Crippen LogP contribution is 2.38. The second-order valence-corrected chi connectivity index (χ2v) is 6.80. The van der Waals surface area contributed by atoms with Gasteiger partial charge in [-0.2, -0.15) is 0 Å². The van der Waals surface area contributed by atoms with Gasteiger partial charge in [-0.25, -0.2) is 0 Å². The summed E-state index contributed by atoms with van der Waals surface area (Å²) < 4.78 is 11.9. The van der Waals surface area contributed by atoms with Crippen LogP contribution in [0.2, 0.25) is 0 Å². The summed E-state index contributed by atoms with van der Waals surface area (Å²) in [5.74, 6) is 1.47. The smallest absolute Gasteiger partial charge is 0.125 e. The molecule has 1 N–H and O–H groups in total. The van der Waals surface area contributed by atoms with Crippen LogP contribution in [0.4, 0.5) is 0 Å². The van der Waals surface area contributed by atoms with Crippen LogP contribution in [-0.2, 0) is 4.74 Å². The van der Waals surface area contributed by atoms with Gasteiger partial charge in [0.25, 0.3) is 0 Å². The molecule has 0 saturated carbocycles. The lowest BCUT2D eigenvalue weighted by Gasteiger charge is -2.35. The van der Waals surface area contributed by atoms with Gasteiger partial charge in [-0.05, 0) is 46.6 Å². The highest BCUT2D eigenvalue weighted by Gasteiger charge is 2.30. The van der Waals surface area contributed by atoms with Crippen molar-refractivity contribution >= 4 is 0 Å². The minimum Gasteiger partial charge on any atom is -0.493 e. The number of nitrogens with one attached hydrogen (secondary N) is 1. The van der Waals surface area contributed by atoms with E-state index in [0.717, 1.165) is 25.3 Å². The molecule has 1 aliphatic heterocycles. The molecule has 0 spiro atoms. The Hall–Kier alpha value is -1.06. The summed E-state index contributed by atoms with van der Waals surface area (Å²) in [5.41, 5.74) is 1.33. The molecule has 1 heterocycles. The third-order valence-electron chi connectivity index (χ3n) is 3.86. The van der Waals surface area contributed by atoms with E-state index >= 15 is 0 Å². The van der Waals surface area contributed by atoms with E-state index < -0.39 is 0 Å². The molecule has 1 aliphatic rings. The number of para-hydroxylation sites is 1. The molecular formula is C18H29NO2. The third-order valence-corrected chi connectivity index (χ3v) is 3.86. The fourth-order valence-corrected chi connectivity index (χ4v) is 2.84. The standard InChI is InChI=1S/C18H29NO2/c1-5-20-16-11-7-6-10-15(16)17-14(9-8-12-21-17)13-19-18(2,3)4/h6-7,10-11,14,17,19H,5,8-9,12-13H2,1-4H3. The second kappa shape index (κ2) is 7.28. The molecule has 2 atom stereocenters. The van der Waals surface area contributed by atoms with Crippen molar-refractivity contribution in [1.82, 2.24) is 5.32 Å². The van der Waals surface area contributed by atoms with Gasteiger partial charge >= 0.3 is 0 Å². The van der Waals surface area contributed by atoms with Gasteiger partial charge < -0.3 is 14.8 Å². The molecule has 0 aromatic heterocycles. The molecule has 0 radical (unpaired) electrons. The Bertz CT molecular complexity index is 439. The van der Waals surface area contributed by atoms with Crippen molar-refractivity contribution in [3.63, 3.8) is 0 Å². The number of hydrogen-bond acceptors (Lipinski definition) is 3. The van der Waals surface area contributed by atoms with Crippen LogP contribution in [0.25, 0.3) is 0 Å². The van der Waals surface area contributed by atoms with Crippen molar-refractivity contribution in [2.45, 2.75) is 52.2 Å². The van der Waals surface area contributed by atoms with Gasteiger partial charge in [0.05, 0.1) is 12.7 Å². The zero-order valence-electron chi connectivity index (χ0n) is 13.8. The topological polar surface area (TPSA) is 30.5 Å². The Morgan fingerprint density at radius 3 is 2.76 bits per heavy atom. The Labute approximate surface area is 129 Å². The maximum Gasteiger partial charge on any atom is 0.125 e. The van der Waals surface area contributed by atoms with Crippen LogP contribution in [-0.4, -0.2) is 25.3 Å². The van der Waals surface area contributed by atoms with E-state index in [2.05, 4.69) is 38.2 Å². The van der Waals surface area contributed by atoms with Gasteiger partial charge in [-0.3, -0.25) is 0 Å². The van der Waals surface area contributed by atoms with Crippen LogP contribution in [0.3, 0.4) is 0 Å². The summed E-state index contributed by atoms with van der Waals surface area (Å²) in [6.45, 7) is 11.2. The van der Waals surface area contributed by atoms with Crippen molar-refractivity contribution in [2.75, 3.05) is 19.8 Å². The minimum absolute atomic E-state index is 0.136. The fourth-order valence-electron chi connectivity index (χ4n) is 2.84. The molecule has 1 saturated heterocycles. The molecule has 1 fully saturated rings. The number of ether oxygens (including phenoxy) is 2.